The van der Waals surface area contributed by atoms with Gasteiger partial charge in [-0.3, -0.25) is 14.6 Å². The zero-order chi connectivity index (χ0) is 17.9. The van der Waals surface area contributed by atoms with Gasteiger partial charge in [-0.25, -0.2) is 23.5 Å². The van der Waals surface area contributed by atoms with Gasteiger partial charge in [0, 0.05) is 12.1 Å². The summed E-state index contributed by atoms with van der Waals surface area (Å²) in [5.74, 6) is -1.95. The number of amides is 1. The molecule has 6 N–H and O–H groups in total. The Hall–Kier alpha value is -3.63. The van der Waals surface area contributed by atoms with E-state index in [0.29, 0.717) is 0 Å². The summed E-state index contributed by atoms with van der Waals surface area (Å²) in [7, 11) is 0. The third-order valence-electron chi connectivity index (χ3n) is 2.66. The van der Waals surface area contributed by atoms with Crippen LogP contribution in [0.3, 0.4) is 0 Å². The molecule has 24 heavy (non-hydrogen) atoms. The van der Waals surface area contributed by atoms with Gasteiger partial charge in [0.05, 0.1) is 23.6 Å². The fourth-order valence-electron chi connectivity index (χ4n) is 1.69. The van der Waals surface area contributed by atoms with Crippen LogP contribution in [0.2, 0.25) is 0 Å². The second kappa shape index (κ2) is 6.64. The highest BCUT2D eigenvalue weighted by Gasteiger charge is 2.07. The van der Waals surface area contributed by atoms with Crippen molar-refractivity contribution in [3.63, 3.8) is 0 Å². The normalized spacial score (nSPS) is 10.1. The number of primary amides is 1. The minimum Gasteiger partial charge on any atom is -0.397 e. The van der Waals surface area contributed by atoms with Crippen molar-refractivity contribution in [3.8, 4) is 0 Å². The highest BCUT2D eigenvalue weighted by Crippen LogP contribution is 2.08. The van der Waals surface area contributed by atoms with Gasteiger partial charge in [0.15, 0.2) is 11.2 Å². The van der Waals surface area contributed by atoms with Gasteiger partial charge in [0.1, 0.15) is 11.6 Å². The van der Waals surface area contributed by atoms with Crippen LogP contribution in [-0.4, -0.2) is 25.8 Å². The minimum atomic E-state index is -0.762. The third kappa shape index (κ3) is 3.76. The lowest BCUT2D eigenvalue weighted by molar-refractivity contribution is 0.0996. The highest BCUT2D eigenvalue weighted by molar-refractivity contribution is 5.95. The number of hydrogen-bond donors (Lipinski definition) is 4. The summed E-state index contributed by atoms with van der Waals surface area (Å²) in [6.07, 6.45) is 1.80. The Labute approximate surface area is 131 Å². The molecule has 0 saturated carbocycles. The number of aromatic nitrogens is 4. The maximum absolute atomic E-state index is 12.6. The zero-order valence-electron chi connectivity index (χ0n) is 11.8. The van der Waals surface area contributed by atoms with Crippen molar-refractivity contribution in [2.45, 2.75) is 0 Å². The van der Waals surface area contributed by atoms with Crippen molar-refractivity contribution in [1.29, 1.82) is 0 Å². The van der Waals surface area contributed by atoms with Gasteiger partial charge in [-0.1, -0.05) is 0 Å². The average molecular weight is 336 g/mol. The Bertz CT molecular complexity index is 1030. The topological polar surface area (TPSA) is 161 Å². The summed E-state index contributed by atoms with van der Waals surface area (Å²) < 4.78 is 24.9. The molecule has 124 valence electrons. The van der Waals surface area contributed by atoms with Crippen molar-refractivity contribution >= 4 is 22.6 Å². The molecular weight excluding hydrogens is 326 g/mol. The Morgan fingerprint density at radius 1 is 1.04 bits per heavy atom. The zero-order valence-corrected chi connectivity index (χ0v) is 11.8. The highest BCUT2D eigenvalue weighted by atomic mass is 19.1. The second-order valence-electron chi connectivity index (χ2n) is 4.41. The fourth-order valence-corrected chi connectivity index (χ4v) is 1.69. The van der Waals surface area contributed by atoms with Crippen LogP contribution in [0.25, 0.3) is 11.0 Å². The second-order valence-corrected chi connectivity index (χ2v) is 4.41. The predicted octanol–water partition coefficient (Wildman–Crippen LogP) is -0.348. The number of pyridine rings is 2. The first-order chi connectivity index (χ1) is 11.3. The Kier molecular flexibility index (Phi) is 4.63. The number of aromatic amines is 2. The van der Waals surface area contributed by atoms with Gasteiger partial charge in [-0.05, 0) is 0 Å². The van der Waals surface area contributed by atoms with Crippen LogP contribution in [0.4, 0.5) is 14.5 Å². The third-order valence-corrected chi connectivity index (χ3v) is 2.66. The van der Waals surface area contributed by atoms with E-state index in [9.17, 15) is 23.2 Å². The minimum absolute atomic E-state index is 0.0148. The van der Waals surface area contributed by atoms with Gasteiger partial charge in [0.25, 0.3) is 11.5 Å². The number of nitrogens with zero attached hydrogens (tertiary/aromatic N) is 2. The molecule has 0 aliphatic carbocycles. The molecule has 3 heterocycles. The van der Waals surface area contributed by atoms with Gasteiger partial charge >= 0.3 is 5.69 Å². The van der Waals surface area contributed by atoms with Crippen molar-refractivity contribution < 1.29 is 13.6 Å². The number of nitrogens with two attached hydrogens (primary N) is 2. The van der Waals surface area contributed by atoms with Crippen LogP contribution in [-0.2, 0) is 0 Å². The van der Waals surface area contributed by atoms with E-state index in [1.807, 2.05) is 4.98 Å². The molecule has 1 amide bonds. The molecule has 9 nitrogen and oxygen atoms in total. The van der Waals surface area contributed by atoms with Gasteiger partial charge < -0.3 is 16.5 Å². The number of nitrogens with one attached hydrogen (secondary N) is 2. The van der Waals surface area contributed by atoms with Crippen molar-refractivity contribution in [2.24, 2.45) is 5.73 Å². The molecule has 0 saturated heterocycles. The SMILES string of the molecule is NC(=O)c1ncc(F)cc1N.O=c1[nH]c(=O)c2ncc(F)cc2[nH]1. The lowest BCUT2D eigenvalue weighted by Gasteiger charge is -1.98. The van der Waals surface area contributed by atoms with E-state index in [0.717, 1.165) is 24.5 Å². The molecule has 0 spiro atoms. The monoisotopic (exact) mass is 336 g/mol. The smallest absolute Gasteiger partial charge is 0.326 e. The van der Waals surface area contributed by atoms with Crippen molar-refractivity contribution in [2.75, 3.05) is 5.73 Å². The summed E-state index contributed by atoms with van der Waals surface area (Å²) >= 11 is 0. The van der Waals surface area contributed by atoms with Gasteiger partial charge in [0.2, 0.25) is 0 Å². The summed E-state index contributed by atoms with van der Waals surface area (Å²) in [6.45, 7) is 0. The van der Waals surface area contributed by atoms with Crippen LogP contribution in [0.1, 0.15) is 10.5 Å². The molecule has 3 aromatic heterocycles. The molecule has 0 fully saturated rings. The first-order valence-electron chi connectivity index (χ1n) is 6.26. The Balaban J connectivity index is 0.000000177. The van der Waals surface area contributed by atoms with Crippen LogP contribution in [0.15, 0.2) is 34.1 Å². The number of carbonyl (C=O) groups excluding carboxylic acids is 1. The van der Waals surface area contributed by atoms with E-state index in [-0.39, 0.29) is 22.4 Å². The number of rotatable bonds is 1. The number of halogens is 2. The number of carbonyl (C=O) groups is 1. The van der Waals surface area contributed by atoms with Gasteiger partial charge in [-0.2, -0.15) is 0 Å². The molecule has 0 aromatic carbocycles. The summed E-state index contributed by atoms with van der Waals surface area (Å²) in [6, 6.07) is 2.03. The van der Waals surface area contributed by atoms with E-state index >= 15 is 0 Å². The van der Waals surface area contributed by atoms with Crippen LogP contribution < -0.4 is 22.7 Å². The number of H-pyrrole nitrogens is 2. The standard InChI is InChI=1S/C7H4FN3O2.C6H6FN3O/c8-3-1-4-5(9-2-3)6(12)11-7(13)10-4;7-3-1-4(8)5(6(9)11)10-2-3/h1-2H,(H2,10,11,12,13);1-2H,8H2,(H2,9,11). The molecule has 0 unspecified atom stereocenters. The van der Waals surface area contributed by atoms with E-state index in [4.69, 9.17) is 11.5 Å². The molecule has 0 bridgehead atoms. The van der Waals surface area contributed by atoms with Crippen molar-refractivity contribution in [3.05, 3.63) is 62.7 Å². The van der Waals surface area contributed by atoms with Crippen molar-refractivity contribution in [1.82, 2.24) is 19.9 Å². The Morgan fingerprint density at radius 3 is 2.29 bits per heavy atom. The molecule has 0 aliphatic heterocycles. The van der Waals surface area contributed by atoms with Crippen LogP contribution in [0, 0.1) is 11.6 Å². The number of fused-ring (bicyclic) bond motifs is 1. The molecule has 0 atom stereocenters. The average Bonchev–Trinajstić information content (AvgIpc) is 2.46. The lowest BCUT2D eigenvalue weighted by Crippen LogP contribution is -2.22. The van der Waals surface area contributed by atoms with Crippen LogP contribution >= 0.6 is 0 Å². The summed E-state index contributed by atoms with van der Waals surface area (Å²) in [5, 5.41) is 0. The van der Waals surface area contributed by atoms with E-state index in [1.165, 1.54) is 0 Å². The molecule has 0 aliphatic rings. The first-order valence-corrected chi connectivity index (χ1v) is 6.26. The van der Waals surface area contributed by atoms with Gasteiger partial charge in [-0.15, -0.1) is 0 Å². The van der Waals surface area contributed by atoms with E-state index < -0.39 is 28.8 Å². The molecule has 3 rings (SSSR count). The summed E-state index contributed by atoms with van der Waals surface area (Å²) in [5.41, 5.74) is 8.73. The lowest BCUT2D eigenvalue weighted by atomic mass is 10.3. The maximum Gasteiger partial charge on any atom is 0.326 e. The quantitative estimate of drug-likeness (QED) is 0.475. The largest absolute Gasteiger partial charge is 0.397 e. The van der Waals surface area contributed by atoms with E-state index in [1.54, 1.807) is 0 Å². The number of anilines is 1. The fraction of sp³-hybridized carbons (Fsp3) is 0. The predicted molar refractivity (Wildman–Crippen MR) is 80.1 cm³/mol. The first kappa shape index (κ1) is 16.7. The maximum atomic E-state index is 12.6. The van der Waals surface area contributed by atoms with E-state index in [2.05, 4.69) is 15.0 Å². The van der Waals surface area contributed by atoms with Crippen LogP contribution in [0.5, 0.6) is 0 Å². The molecule has 11 heteroatoms. The number of nitrogen functional groups attached to an aromatic ring is 1. The molecule has 0 radical (unpaired) electrons. The Morgan fingerprint density at radius 2 is 1.67 bits per heavy atom. The molecule has 3 aromatic rings. The number of hydrogen-bond acceptors (Lipinski definition) is 6. The molecular formula is C13H10F2N6O3. The summed E-state index contributed by atoms with van der Waals surface area (Å²) in [4.78, 5) is 43.5.